The number of likely N-dealkylation sites (N-methyl/N-ethyl adjacent to an activating group) is 1. The van der Waals surface area contributed by atoms with Crippen molar-refractivity contribution in [2.75, 3.05) is 19.6 Å². The molecule has 1 amide bonds. The summed E-state index contributed by atoms with van der Waals surface area (Å²) in [7, 11) is 0. The molecule has 1 saturated heterocycles. The Labute approximate surface area is 93.2 Å². The third-order valence-corrected chi connectivity index (χ3v) is 3.48. The molecule has 0 aromatic rings. The van der Waals surface area contributed by atoms with Crippen molar-refractivity contribution >= 4 is 5.91 Å². The fraction of sp³-hybridized carbons (Fsp3) is 0.917. The minimum absolute atomic E-state index is 0.154. The number of hydrogen-bond acceptors (Lipinski definition) is 2. The first-order valence-electron chi connectivity index (χ1n) is 6.20. The molecular formula is C12H24N2O. The number of likely N-dealkylation sites (tertiary alicyclic amines) is 1. The molecule has 0 aromatic carbocycles. The van der Waals surface area contributed by atoms with E-state index in [1.807, 2.05) is 6.92 Å². The van der Waals surface area contributed by atoms with Crippen LogP contribution in [0.25, 0.3) is 0 Å². The molecule has 0 saturated carbocycles. The van der Waals surface area contributed by atoms with Gasteiger partial charge in [-0.25, -0.2) is 0 Å². The fourth-order valence-electron chi connectivity index (χ4n) is 2.12. The molecule has 3 heteroatoms. The Morgan fingerprint density at radius 2 is 2.27 bits per heavy atom. The molecule has 1 aliphatic heterocycles. The largest absolute Gasteiger partial charge is 0.354 e. The second-order valence-electron chi connectivity index (χ2n) is 4.48. The summed E-state index contributed by atoms with van der Waals surface area (Å²) >= 11 is 0. The lowest BCUT2D eigenvalue weighted by molar-refractivity contribution is -0.124. The molecule has 0 bridgehead atoms. The summed E-state index contributed by atoms with van der Waals surface area (Å²) in [4.78, 5) is 14.1. The number of carbonyl (C=O) groups excluding carboxylic acids is 1. The van der Waals surface area contributed by atoms with E-state index in [-0.39, 0.29) is 11.8 Å². The van der Waals surface area contributed by atoms with Crippen LogP contribution < -0.4 is 5.32 Å². The van der Waals surface area contributed by atoms with Crippen LogP contribution in [0.3, 0.4) is 0 Å². The van der Waals surface area contributed by atoms with E-state index in [0.29, 0.717) is 6.04 Å². The Bertz CT molecular complexity index is 206. The van der Waals surface area contributed by atoms with Gasteiger partial charge in [-0.3, -0.25) is 9.69 Å². The predicted octanol–water partition coefficient (Wildman–Crippen LogP) is 1.63. The summed E-state index contributed by atoms with van der Waals surface area (Å²) in [6, 6.07) is 0.572. The second-order valence-corrected chi connectivity index (χ2v) is 4.48. The van der Waals surface area contributed by atoms with Crippen molar-refractivity contribution in [1.82, 2.24) is 10.2 Å². The molecule has 2 atom stereocenters. The Kier molecular flexibility index (Phi) is 5.09. The maximum absolute atomic E-state index is 11.6. The zero-order valence-electron chi connectivity index (χ0n) is 10.3. The maximum Gasteiger partial charge on any atom is 0.222 e. The van der Waals surface area contributed by atoms with Gasteiger partial charge >= 0.3 is 0 Å². The SMILES string of the molecule is CCC(C)C(=O)NCC1CCCN1CC. The first-order chi connectivity index (χ1) is 7.19. The van der Waals surface area contributed by atoms with Crippen LogP contribution in [0.5, 0.6) is 0 Å². The molecular weight excluding hydrogens is 188 g/mol. The van der Waals surface area contributed by atoms with E-state index in [2.05, 4.69) is 24.1 Å². The summed E-state index contributed by atoms with van der Waals surface area (Å²) in [6.45, 7) is 9.36. The zero-order chi connectivity index (χ0) is 11.3. The number of nitrogens with zero attached hydrogens (tertiary/aromatic N) is 1. The first kappa shape index (κ1) is 12.5. The Hall–Kier alpha value is -0.570. The van der Waals surface area contributed by atoms with Crippen molar-refractivity contribution in [1.29, 1.82) is 0 Å². The van der Waals surface area contributed by atoms with Gasteiger partial charge in [-0.05, 0) is 32.4 Å². The molecule has 88 valence electrons. The minimum atomic E-state index is 0.154. The smallest absolute Gasteiger partial charge is 0.222 e. The highest BCUT2D eigenvalue weighted by Gasteiger charge is 2.23. The van der Waals surface area contributed by atoms with E-state index in [4.69, 9.17) is 0 Å². The van der Waals surface area contributed by atoms with Gasteiger partial charge in [0.1, 0.15) is 0 Å². The summed E-state index contributed by atoms with van der Waals surface area (Å²) in [5.41, 5.74) is 0. The highest BCUT2D eigenvalue weighted by Crippen LogP contribution is 2.15. The number of amides is 1. The Morgan fingerprint density at radius 1 is 1.53 bits per heavy atom. The van der Waals surface area contributed by atoms with Crippen LogP contribution in [0.15, 0.2) is 0 Å². The van der Waals surface area contributed by atoms with Crippen LogP contribution in [0, 0.1) is 5.92 Å². The van der Waals surface area contributed by atoms with Crippen LogP contribution in [0.1, 0.15) is 40.0 Å². The zero-order valence-corrected chi connectivity index (χ0v) is 10.3. The average molecular weight is 212 g/mol. The molecule has 1 N–H and O–H groups in total. The van der Waals surface area contributed by atoms with Crippen molar-refractivity contribution in [3.05, 3.63) is 0 Å². The van der Waals surface area contributed by atoms with Crippen molar-refractivity contribution in [2.24, 2.45) is 5.92 Å². The molecule has 1 fully saturated rings. The summed E-state index contributed by atoms with van der Waals surface area (Å²) in [5.74, 6) is 0.363. The van der Waals surface area contributed by atoms with E-state index in [1.54, 1.807) is 0 Å². The molecule has 2 unspecified atom stereocenters. The standard InChI is InChI=1S/C12H24N2O/c1-4-10(3)12(15)13-9-11-7-6-8-14(11)5-2/h10-11H,4-9H2,1-3H3,(H,13,15). The molecule has 1 rings (SSSR count). The van der Waals surface area contributed by atoms with Crippen LogP contribution in [0.2, 0.25) is 0 Å². The fourth-order valence-corrected chi connectivity index (χ4v) is 2.12. The monoisotopic (exact) mass is 212 g/mol. The van der Waals surface area contributed by atoms with Crippen molar-refractivity contribution in [3.8, 4) is 0 Å². The topological polar surface area (TPSA) is 32.3 Å². The van der Waals surface area contributed by atoms with Gasteiger partial charge in [0.2, 0.25) is 5.91 Å². The van der Waals surface area contributed by atoms with Crippen molar-refractivity contribution in [3.63, 3.8) is 0 Å². The van der Waals surface area contributed by atoms with E-state index < -0.39 is 0 Å². The molecule has 1 aliphatic rings. The highest BCUT2D eigenvalue weighted by molar-refractivity contribution is 5.78. The highest BCUT2D eigenvalue weighted by atomic mass is 16.1. The summed E-state index contributed by atoms with van der Waals surface area (Å²) < 4.78 is 0. The van der Waals surface area contributed by atoms with Crippen LogP contribution in [-0.4, -0.2) is 36.5 Å². The lowest BCUT2D eigenvalue weighted by Crippen LogP contribution is -2.41. The van der Waals surface area contributed by atoms with Gasteiger partial charge in [-0.2, -0.15) is 0 Å². The molecule has 0 aliphatic carbocycles. The average Bonchev–Trinajstić information content (AvgIpc) is 2.71. The van der Waals surface area contributed by atoms with Crippen molar-refractivity contribution < 1.29 is 4.79 Å². The molecule has 1 heterocycles. The first-order valence-corrected chi connectivity index (χ1v) is 6.20. The molecule has 0 aromatic heterocycles. The van der Waals surface area contributed by atoms with Gasteiger partial charge in [0, 0.05) is 18.5 Å². The van der Waals surface area contributed by atoms with Gasteiger partial charge < -0.3 is 5.32 Å². The lowest BCUT2D eigenvalue weighted by Gasteiger charge is -2.23. The molecule has 0 radical (unpaired) electrons. The van der Waals surface area contributed by atoms with Gasteiger partial charge in [0.25, 0.3) is 0 Å². The number of rotatable bonds is 5. The Morgan fingerprint density at radius 3 is 2.87 bits per heavy atom. The quantitative estimate of drug-likeness (QED) is 0.751. The van der Waals surface area contributed by atoms with E-state index >= 15 is 0 Å². The van der Waals surface area contributed by atoms with Gasteiger partial charge in [0.15, 0.2) is 0 Å². The molecule has 15 heavy (non-hydrogen) atoms. The number of hydrogen-bond donors (Lipinski definition) is 1. The van der Waals surface area contributed by atoms with E-state index in [9.17, 15) is 4.79 Å². The van der Waals surface area contributed by atoms with Gasteiger partial charge in [0.05, 0.1) is 0 Å². The summed E-state index contributed by atoms with van der Waals surface area (Å²) in [6.07, 6.45) is 3.43. The molecule has 0 spiro atoms. The maximum atomic E-state index is 11.6. The normalized spacial score (nSPS) is 24.1. The number of carbonyl (C=O) groups is 1. The van der Waals surface area contributed by atoms with E-state index in [1.165, 1.54) is 19.4 Å². The van der Waals surface area contributed by atoms with Gasteiger partial charge in [-0.1, -0.05) is 20.8 Å². The Balaban J connectivity index is 2.27. The van der Waals surface area contributed by atoms with Gasteiger partial charge in [-0.15, -0.1) is 0 Å². The van der Waals surface area contributed by atoms with Crippen LogP contribution in [-0.2, 0) is 4.79 Å². The van der Waals surface area contributed by atoms with Crippen molar-refractivity contribution in [2.45, 2.75) is 46.1 Å². The molecule has 3 nitrogen and oxygen atoms in total. The third-order valence-electron chi connectivity index (χ3n) is 3.48. The summed E-state index contributed by atoms with van der Waals surface area (Å²) in [5, 5.41) is 3.06. The van der Waals surface area contributed by atoms with E-state index in [0.717, 1.165) is 19.5 Å². The second kappa shape index (κ2) is 6.11. The third kappa shape index (κ3) is 3.49. The lowest BCUT2D eigenvalue weighted by atomic mass is 10.1. The predicted molar refractivity (Wildman–Crippen MR) is 62.7 cm³/mol. The van der Waals surface area contributed by atoms with Crippen LogP contribution in [0.4, 0.5) is 0 Å². The minimum Gasteiger partial charge on any atom is -0.354 e. The number of nitrogens with one attached hydrogen (secondary N) is 1. The van der Waals surface area contributed by atoms with Crippen LogP contribution >= 0.6 is 0 Å².